The molecule has 1 atom stereocenters. The number of aliphatic carboxylic acids is 1. The lowest BCUT2D eigenvalue weighted by Gasteiger charge is -2.18. The van der Waals surface area contributed by atoms with E-state index in [1.807, 2.05) is 0 Å². The Morgan fingerprint density at radius 3 is 1.86 bits per heavy atom. The maximum atomic E-state index is 12.1. The SMILES string of the molecule is CCCCCC(CCCCC/C=C\C/C=C\CCCCCCCC(=O)O)CC(=O)OC(CO)CO. The molecular weight excluding hydrogens is 444 g/mol. The number of carbonyl (C=O) groups excluding carboxylic acids is 1. The summed E-state index contributed by atoms with van der Waals surface area (Å²) in [7, 11) is 0. The molecule has 0 aromatic heterocycles. The standard InChI is InChI=1S/C29H52O6/c1-2-3-17-20-26(23-29(34)35-27(24-30)25-31)21-18-15-13-11-9-7-5-4-6-8-10-12-14-16-19-22-28(32)33/h4,6-7,9,26-27,30-31H,2-3,5,8,10-25H2,1H3,(H,32,33)/b6-4-,9-7-. The van der Waals surface area contributed by atoms with Crippen molar-refractivity contribution >= 4 is 11.9 Å². The molecule has 204 valence electrons. The third-order valence-electron chi connectivity index (χ3n) is 6.23. The second kappa shape index (κ2) is 25.4. The van der Waals surface area contributed by atoms with Crippen molar-refractivity contribution in [1.82, 2.24) is 0 Å². The lowest BCUT2D eigenvalue weighted by Crippen LogP contribution is -2.26. The number of aliphatic hydroxyl groups excluding tert-OH is 2. The lowest BCUT2D eigenvalue weighted by molar-refractivity contribution is -0.154. The molecule has 0 fully saturated rings. The fourth-order valence-electron chi connectivity index (χ4n) is 4.08. The molecule has 0 saturated carbocycles. The summed E-state index contributed by atoms with van der Waals surface area (Å²) in [5.74, 6) is -0.691. The number of carboxylic acid groups (broad SMARTS) is 1. The van der Waals surface area contributed by atoms with Crippen LogP contribution in [0.25, 0.3) is 0 Å². The van der Waals surface area contributed by atoms with Gasteiger partial charge < -0.3 is 20.1 Å². The second-order valence-corrected chi connectivity index (χ2v) is 9.56. The fourth-order valence-corrected chi connectivity index (χ4v) is 4.08. The summed E-state index contributed by atoms with van der Waals surface area (Å²) >= 11 is 0. The third kappa shape index (κ3) is 23.8. The minimum atomic E-state index is -0.803. The number of unbranched alkanes of at least 4 members (excludes halogenated alkanes) is 10. The smallest absolute Gasteiger partial charge is 0.306 e. The molecule has 0 spiro atoms. The van der Waals surface area contributed by atoms with E-state index in [9.17, 15) is 9.59 Å². The maximum Gasteiger partial charge on any atom is 0.306 e. The average Bonchev–Trinajstić information content (AvgIpc) is 2.84. The number of carbonyl (C=O) groups is 2. The fraction of sp³-hybridized carbons (Fsp3) is 0.793. The van der Waals surface area contributed by atoms with Gasteiger partial charge in [-0.3, -0.25) is 9.59 Å². The van der Waals surface area contributed by atoms with Crippen LogP contribution in [0.3, 0.4) is 0 Å². The number of allylic oxidation sites excluding steroid dienone is 4. The Balaban J connectivity index is 3.84. The van der Waals surface area contributed by atoms with Crippen molar-refractivity contribution in [2.24, 2.45) is 5.92 Å². The highest BCUT2D eigenvalue weighted by Crippen LogP contribution is 2.22. The predicted molar refractivity (Wildman–Crippen MR) is 142 cm³/mol. The maximum absolute atomic E-state index is 12.1. The number of aliphatic hydroxyl groups is 2. The molecule has 0 heterocycles. The minimum absolute atomic E-state index is 0.292. The molecule has 35 heavy (non-hydrogen) atoms. The summed E-state index contributed by atoms with van der Waals surface area (Å²) in [5.41, 5.74) is 0. The molecule has 0 saturated heterocycles. The summed E-state index contributed by atoms with van der Waals surface area (Å²) in [6.07, 6.45) is 26.2. The quantitative estimate of drug-likeness (QED) is 0.0734. The molecule has 0 aromatic rings. The molecule has 0 aliphatic heterocycles. The number of rotatable bonds is 25. The number of ether oxygens (including phenoxy) is 1. The summed E-state index contributed by atoms with van der Waals surface area (Å²) in [4.78, 5) is 22.6. The lowest BCUT2D eigenvalue weighted by atomic mass is 9.92. The van der Waals surface area contributed by atoms with E-state index in [1.54, 1.807) is 0 Å². The van der Waals surface area contributed by atoms with Crippen LogP contribution in [0, 0.1) is 5.92 Å². The Labute approximate surface area is 213 Å². The van der Waals surface area contributed by atoms with Gasteiger partial charge in [-0.15, -0.1) is 0 Å². The van der Waals surface area contributed by atoms with Crippen LogP contribution in [-0.2, 0) is 14.3 Å². The van der Waals surface area contributed by atoms with E-state index in [4.69, 9.17) is 20.1 Å². The number of carboxylic acids is 1. The van der Waals surface area contributed by atoms with Crippen molar-refractivity contribution in [3.63, 3.8) is 0 Å². The summed E-state index contributed by atoms with van der Waals surface area (Å²) in [5, 5.41) is 26.8. The van der Waals surface area contributed by atoms with E-state index in [-0.39, 0.29) is 19.2 Å². The van der Waals surface area contributed by atoms with Crippen LogP contribution in [0.1, 0.15) is 122 Å². The highest BCUT2D eigenvalue weighted by molar-refractivity contribution is 5.69. The molecule has 0 aliphatic carbocycles. The van der Waals surface area contributed by atoms with Gasteiger partial charge in [0, 0.05) is 12.8 Å². The van der Waals surface area contributed by atoms with Gasteiger partial charge in [-0.1, -0.05) is 82.6 Å². The monoisotopic (exact) mass is 496 g/mol. The number of hydrogen-bond donors (Lipinski definition) is 3. The molecule has 0 rings (SSSR count). The Kier molecular flexibility index (Phi) is 24.2. The predicted octanol–water partition coefficient (Wildman–Crippen LogP) is 6.74. The first-order valence-corrected chi connectivity index (χ1v) is 14.0. The van der Waals surface area contributed by atoms with Crippen LogP contribution in [0.5, 0.6) is 0 Å². The van der Waals surface area contributed by atoms with Gasteiger partial charge in [0.05, 0.1) is 13.2 Å². The largest absolute Gasteiger partial charge is 0.481 e. The highest BCUT2D eigenvalue weighted by atomic mass is 16.6. The van der Waals surface area contributed by atoms with Crippen molar-refractivity contribution in [2.45, 2.75) is 129 Å². The number of esters is 1. The first-order chi connectivity index (χ1) is 17.0. The van der Waals surface area contributed by atoms with Gasteiger partial charge in [-0.25, -0.2) is 0 Å². The van der Waals surface area contributed by atoms with Gasteiger partial charge in [0.15, 0.2) is 0 Å². The zero-order valence-corrected chi connectivity index (χ0v) is 22.2. The van der Waals surface area contributed by atoms with E-state index in [0.717, 1.165) is 83.5 Å². The molecule has 6 heteroatoms. The van der Waals surface area contributed by atoms with Crippen molar-refractivity contribution in [3.8, 4) is 0 Å². The highest BCUT2D eigenvalue weighted by Gasteiger charge is 2.18. The topological polar surface area (TPSA) is 104 Å². The average molecular weight is 497 g/mol. The van der Waals surface area contributed by atoms with Gasteiger partial charge in [0.1, 0.15) is 6.10 Å². The van der Waals surface area contributed by atoms with E-state index in [1.165, 1.54) is 19.3 Å². The molecule has 0 bridgehead atoms. The van der Waals surface area contributed by atoms with Crippen LogP contribution in [-0.4, -0.2) is 46.6 Å². The molecule has 0 radical (unpaired) electrons. The van der Waals surface area contributed by atoms with Crippen molar-refractivity contribution in [1.29, 1.82) is 0 Å². The Morgan fingerprint density at radius 1 is 0.743 bits per heavy atom. The van der Waals surface area contributed by atoms with E-state index in [0.29, 0.717) is 18.8 Å². The molecule has 6 nitrogen and oxygen atoms in total. The Hall–Kier alpha value is -1.66. The van der Waals surface area contributed by atoms with Crippen LogP contribution in [0.4, 0.5) is 0 Å². The molecule has 0 aromatic carbocycles. The molecule has 0 amide bonds. The molecule has 1 unspecified atom stereocenters. The molecular formula is C29H52O6. The van der Waals surface area contributed by atoms with E-state index >= 15 is 0 Å². The zero-order valence-electron chi connectivity index (χ0n) is 22.2. The molecule has 0 aliphatic rings. The molecule has 3 N–H and O–H groups in total. The summed E-state index contributed by atoms with van der Waals surface area (Å²) < 4.78 is 5.15. The first-order valence-electron chi connectivity index (χ1n) is 14.0. The van der Waals surface area contributed by atoms with Gasteiger partial charge in [0.2, 0.25) is 0 Å². The van der Waals surface area contributed by atoms with Crippen LogP contribution < -0.4 is 0 Å². The van der Waals surface area contributed by atoms with Gasteiger partial charge >= 0.3 is 11.9 Å². The van der Waals surface area contributed by atoms with Crippen molar-refractivity contribution < 1.29 is 29.6 Å². The van der Waals surface area contributed by atoms with E-state index in [2.05, 4.69) is 31.2 Å². The van der Waals surface area contributed by atoms with E-state index < -0.39 is 12.1 Å². The minimum Gasteiger partial charge on any atom is -0.481 e. The van der Waals surface area contributed by atoms with Crippen LogP contribution in [0.2, 0.25) is 0 Å². The zero-order chi connectivity index (χ0) is 26.0. The first kappa shape index (κ1) is 33.3. The van der Waals surface area contributed by atoms with Crippen LogP contribution in [0.15, 0.2) is 24.3 Å². The Bertz CT molecular complexity index is 553. The van der Waals surface area contributed by atoms with Crippen LogP contribution >= 0.6 is 0 Å². The van der Waals surface area contributed by atoms with Gasteiger partial charge in [-0.05, 0) is 57.3 Å². The van der Waals surface area contributed by atoms with Gasteiger partial charge in [0.25, 0.3) is 0 Å². The Morgan fingerprint density at radius 2 is 1.29 bits per heavy atom. The third-order valence-corrected chi connectivity index (χ3v) is 6.23. The van der Waals surface area contributed by atoms with Crippen molar-refractivity contribution in [2.75, 3.05) is 13.2 Å². The summed E-state index contributed by atoms with van der Waals surface area (Å²) in [6, 6.07) is 0. The summed E-state index contributed by atoms with van der Waals surface area (Å²) in [6.45, 7) is 1.49. The normalized spacial score (nSPS) is 12.7. The van der Waals surface area contributed by atoms with Gasteiger partial charge in [-0.2, -0.15) is 0 Å². The van der Waals surface area contributed by atoms with Crippen molar-refractivity contribution in [3.05, 3.63) is 24.3 Å². The second-order valence-electron chi connectivity index (χ2n) is 9.56. The number of hydrogen-bond acceptors (Lipinski definition) is 5.